The average molecular weight is 301 g/mol. The summed E-state index contributed by atoms with van der Waals surface area (Å²) in [5.41, 5.74) is 2.71. The average Bonchev–Trinajstić information content (AvgIpc) is 3.08. The van der Waals surface area contributed by atoms with Gasteiger partial charge in [0.2, 0.25) is 6.10 Å². The van der Waals surface area contributed by atoms with Crippen LogP contribution in [0.4, 0.5) is 5.13 Å². The number of oxime groups is 1. The first-order valence-corrected chi connectivity index (χ1v) is 7.48. The quantitative estimate of drug-likeness (QED) is 0.948. The lowest BCUT2D eigenvalue weighted by Gasteiger charge is -2.06. The fraction of sp³-hybridized carbons (Fsp3) is 0.267. The number of benzene rings is 1. The van der Waals surface area contributed by atoms with Crippen LogP contribution in [0.2, 0.25) is 0 Å². The second-order valence-electron chi connectivity index (χ2n) is 4.85. The Balaban J connectivity index is 1.63. The molecule has 0 bridgehead atoms. The van der Waals surface area contributed by atoms with Crippen LogP contribution >= 0.6 is 11.3 Å². The van der Waals surface area contributed by atoms with E-state index in [0.717, 1.165) is 21.8 Å². The molecule has 1 aliphatic heterocycles. The Kier molecular flexibility index (Phi) is 3.70. The summed E-state index contributed by atoms with van der Waals surface area (Å²) in [7, 11) is 0. The largest absolute Gasteiger partial charge is 0.382 e. The lowest BCUT2D eigenvalue weighted by atomic mass is 10.1. The molecule has 0 saturated heterocycles. The van der Waals surface area contributed by atoms with Crippen LogP contribution in [0.25, 0.3) is 0 Å². The van der Waals surface area contributed by atoms with Gasteiger partial charge in [-0.1, -0.05) is 35.5 Å². The van der Waals surface area contributed by atoms with Crippen LogP contribution in [-0.4, -0.2) is 22.7 Å². The van der Waals surface area contributed by atoms with Gasteiger partial charge in [-0.05, 0) is 19.4 Å². The van der Waals surface area contributed by atoms with E-state index in [1.165, 1.54) is 11.3 Å². The fourth-order valence-corrected chi connectivity index (χ4v) is 2.85. The minimum absolute atomic E-state index is 0.210. The number of carbonyl (C=O) groups is 1. The second-order valence-corrected chi connectivity index (χ2v) is 6.06. The summed E-state index contributed by atoms with van der Waals surface area (Å²) in [6.07, 6.45) is -0.121. The Labute approximate surface area is 126 Å². The topological polar surface area (TPSA) is 63.6 Å². The predicted octanol–water partition coefficient (Wildman–Crippen LogP) is 2.89. The van der Waals surface area contributed by atoms with E-state index in [-0.39, 0.29) is 5.91 Å². The number of nitrogens with zero attached hydrogens (tertiary/aromatic N) is 2. The predicted molar refractivity (Wildman–Crippen MR) is 82.7 cm³/mol. The van der Waals surface area contributed by atoms with Gasteiger partial charge in [0.25, 0.3) is 5.91 Å². The van der Waals surface area contributed by atoms with Crippen molar-refractivity contribution < 1.29 is 9.63 Å². The molecule has 2 heterocycles. The molecule has 0 unspecified atom stereocenters. The van der Waals surface area contributed by atoms with Gasteiger partial charge in [-0.3, -0.25) is 10.1 Å². The number of aromatic nitrogens is 1. The summed E-state index contributed by atoms with van der Waals surface area (Å²) in [5.74, 6) is -0.210. The lowest BCUT2D eigenvalue weighted by molar-refractivity contribution is -0.125. The van der Waals surface area contributed by atoms with Gasteiger partial charge in [-0.15, -0.1) is 11.3 Å². The molecule has 21 heavy (non-hydrogen) atoms. The van der Waals surface area contributed by atoms with Crippen LogP contribution in [-0.2, 0) is 9.63 Å². The Bertz CT molecular complexity index is 675. The smallest absolute Gasteiger partial charge is 0.270 e. The summed E-state index contributed by atoms with van der Waals surface area (Å²) < 4.78 is 0. The van der Waals surface area contributed by atoms with Crippen molar-refractivity contribution in [2.75, 3.05) is 5.32 Å². The molecule has 0 aliphatic carbocycles. The molecule has 1 amide bonds. The third-order valence-electron chi connectivity index (χ3n) is 3.33. The van der Waals surface area contributed by atoms with Crippen LogP contribution in [0.5, 0.6) is 0 Å². The van der Waals surface area contributed by atoms with Crippen molar-refractivity contribution in [3.05, 3.63) is 46.5 Å². The molecule has 0 saturated carbocycles. The number of aryl methyl sites for hydroxylation is 2. The van der Waals surface area contributed by atoms with Crippen molar-refractivity contribution in [2.45, 2.75) is 26.4 Å². The molecule has 108 valence electrons. The molecule has 6 heteroatoms. The molecular weight excluding hydrogens is 286 g/mol. The van der Waals surface area contributed by atoms with Crippen LogP contribution in [0.15, 0.2) is 35.5 Å². The van der Waals surface area contributed by atoms with Gasteiger partial charge >= 0.3 is 0 Å². The van der Waals surface area contributed by atoms with E-state index < -0.39 is 6.10 Å². The van der Waals surface area contributed by atoms with E-state index in [1.54, 1.807) is 0 Å². The minimum atomic E-state index is -0.593. The Morgan fingerprint density at radius 2 is 2.10 bits per heavy atom. The standard InChI is InChI=1S/C15H15N3O2S/c1-9-10(2)21-15(16-9)17-14(19)13-8-12(18-20-13)11-6-4-3-5-7-11/h3-7,13H,8H2,1-2H3,(H,16,17,19)/t13-/m1/s1. The van der Waals surface area contributed by atoms with Gasteiger partial charge in [-0.2, -0.15) is 0 Å². The number of amides is 1. The number of thiazole rings is 1. The highest BCUT2D eigenvalue weighted by molar-refractivity contribution is 7.15. The van der Waals surface area contributed by atoms with E-state index in [4.69, 9.17) is 4.84 Å². The summed E-state index contributed by atoms with van der Waals surface area (Å²) in [6.45, 7) is 3.90. The zero-order valence-electron chi connectivity index (χ0n) is 11.8. The monoisotopic (exact) mass is 301 g/mol. The Hall–Kier alpha value is -2.21. The molecule has 3 rings (SSSR count). The molecule has 1 aromatic heterocycles. The Morgan fingerprint density at radius 3 is 2.76 bits per heavy atom. The number of anilines is 1. The number of hydrogen-bond acceptors (Lipinski definition) is 5. The van der Waals surface area contributed by atoms with Crippen molar-refractivity contribution in [3.8, 4) is 0 Å². The molecule has 0 radical (unpaired) electrons. The zero-order valence-corrected chi connectivity index (χ0v) is 12.6. The first kappa shape index (κ1) is 13.8. The van der Waals surface area contributed by atoms with E-state index in [9.17, 15) is 4.79 Å². The third kappa shape index (κ3) is 2.95. The van der Waals surface area contributed by atoms with Crippen LogP contribution in [0.3, 0.4) is 0 Å². The van der Waals surface area contributed by atoms with Crippen molar-refractivity contribution in [1.82, 2.24) is 4.98 Å². The summed E-state index contributed by atoms with van der Waals surface area (Å²) in [4.78, 5) is 22.8. The Morgan fingerprint density at radius 1 is 1.33 bits per heavy atom. The van der Waals surface area contributed by atoms with Gasteiger partial charge in [0, 0.05) is 11.3 Å². The molecule has 1 atom stereocenters. The maximum atomic E-state index is 12.2. The molecule has 1 N–H and O–H groups in total. The van der Waals surface area contributed by atoms with E-state index in [2.05, 4.69) is 15.5 Å². The SMILES string of the molecule is Cc1nc(NC(=O)[C@H]2CC(c3ccccc3)=NO2)sc1C. The fourth-order valence-electron chi connectivity index (χ4n) is 2.03. The first-order valence-electron chi connectivity index (χ1n) is 6.66. The minimum Gasteiger partial charge on any atom is -0.382 e. The number of rotatable bonds is 3. The molecule has 0 fully saturated rings. The maximum Gasteiger partial charge on any atom is 0.270 e. The van der Waals surface area contributed by atoms with E-state index in [0.29, 0.717) is 11.6 Å². The van der Waals surface area contributed by atoms with Crippen molar-refractivity contribution in [1.29, 1.82) is 0 Å². The number of nitrogens with one attached hydrogen (secondary N) is 1. The second kappa shape index (κ2) is 5.65. The molecule has 0 spiro atoms. The highest BCUT2D eigenvalue weighted by Gasteiger charge is 2.29. The molecule has 1 aliphatic rings. The van der Waals surface area contributed by atoms with Crippen molar-refractivity contribution in [2.24, 2.45) is 5.16 Å². The molecular formula is C15H15N3O2S. The summed E-state index contributed by atoms with van der Waals surface area (Å²) in [5, 5.41) is 7.40. The highest BCUT2D eigenvalue weighted by atomic mass is 32.1. The van der Waals surface area contributed by atoms with Crippen molar-refractivity contribution in [3.63, 3.8) is 0 Å². The van der Waals surface area contributed by atoms with Gasteiger partial charge in [0.15, 0.2) is 5.13 Å². The molecule has 2 aromatic rings. The van der Waals surface area contributed by atoms with Crippen molar-refractivity contribution >= 4 is 28.1 Å². The zero-order chi connectivity index (χ0) is 14.8. The lowest BCUT2D eigenvalue weighted by Crippen LogP contribution is -2.28. The summed E-state index contributed by atoms with van der Waals surface area (Å²) >= 11 is 1.46. The van der Waals surface area contributed by atoms with Crippen LogP contribution in [0, 0.1) is 13.8 Å². The van der Waals surface area contributed by atoms with Crippen LogP contribution in [0.1, 0.15) is 22.6 Å². The van der Waals surface area contributed by atoms with E-state index in [1.807, 2.05) is 44.2 Å². The number of hydrogen-bond donors (Lipinski definition) is 1. The van der Waals surface area contributed by atoms with Gasteiger partial charge in [0.1, 0.15) is 0 Å². The van der Waals surface area contributed by atoms with E-state index >= 15 is 0 Å². The first-order chi connectivity index (χ1) is 10.1. The van der Waals surface area contributed by atoms with Crippen LogP contribution < -0.4 is 5.32 Å². The number of carbonyl (C=O) groups excluding carboxylic acids is 1. The van der Waals surface area contributed by atoms with Gasteiger partial charge in [0.05, 0.1) is 11.4 Å². The van der Waals surface area contributed by atoms with Gasteiger partial charge < -0.3 is 4.84 Å². The summed E-state index contributed by atoms with van der Waals surface area (Å²) in [6, 6.07) is 9.72. The molecule has 5 nitrogen and oxygen atoms in total. The highest BCUT2D eigenvalue weighted by Crippen LogP contribution is 2.23. The maximum absolute atomic E-state index is 12.2. The third-order valence-corrected chi connectivity index (χ3v) is 4.32. The molecule has 1 aromatic carbocycles. The normalized spacial score (nSPS) is 17.2. The van der Waals surface area contributed by atoms with Gasteiger partial charge in [-0.25, -0.2) is 4.98 Å².